The highest BCUT2D eigenvalue weighted by molar-refractivity contribution is 7.89. The lowest BCUT2D eigenvalue weighted by Gasteiger charge is -2.24. The predicted octanol–water partition coefficient (Wildman–Crippen LogP) is 3.29. The maximum atomic E-state index is 13.9. The van der Waals surface area contributed by atoms with E-state index in [-0.39, 0.29) is 48.5 Å². The van der Waals surface area contributed by atoms with Crippen LogP contribution in [0.25, 0.3) is 10.9 Å². The quantitative estimate of drug-likeness (QED) is 0.593. The van der Waals surface area contributed by atoms with Gasteiger partial charge in [0.1, 0.15) is 11.6 Å². The molecule has 1 amide bonds. The fourth-order valence-corrected chi connectivity index (χ4v) is 4.15. The standard InChI is InChI=1S/C21H20F3N5O3S/c22-14-3-2-13-10-16(20(30)27-15-4-7-26-18(12-15)33(25,31)32)19(28-17(13)11-14)29-8-1-5-21(23,24)6-9-29/h2-4,7,10-12H,1,5-6,8-9H2,(H2,25,31,32)(H,26,27,30). The third-order valence-electron chi connectivity index (χ3n) is 5.31. The molecule has 0 aliphatic carbocycles. The number of halogens is 3. The molecule has 1 aliphatic rings. The number of fused-ring (bicyclic) bond motifs is 1. The number of sulfonamides is 1. The van der Waals surface area contributed by atoms with Gasteiger partial charge in [0.25, 0.3) is 15.9 Å². The first-order chi connectivity index (χ1) is 15.5. The van der Waals surface area contributed by atoms with Crippen LogP contribution in [0.1, 0.15) is 29.6 Å². The van der Waals surface area contributed by atoms with Gasteiger partial charge in [-0.25, -0.2) is 36.7 Å². The predicted molar refractivity (Wildman–Crippen MR) is 116 cm³/mol. The van der Waals surface area contributed by atoms with Crippen molar-refractivity contribution in [3.8, 4) is 0 Å². The van der Waals surface area contributed by atoms with Gasteiger partial charge in [0.15, 0.2) is 5.03 Å². The average molecular weight is 479 g/mol. The van der Waals surface area contributed by atoms with E-state index in [4.69, 9.17) is 5.14 Å². The number of benzene rings is 1. The molecule has 3 aromatic rings. The van der Waals surface area contributed by atoms with Crippen molar-refractivity contribution in [3.63, 3.8) is 0 Å². The molecule has 2 aromatic heterocycles. The van der Waals surface area contributed by atoms with E-state index >= 15 is 0 Å². The Balaban J connectivity index is 1.74. The van der Waals surface area contributed by atoms with Crippen molar-refractivity contribution in [1.82, 2.24) is 9.97 Å². The van der Waals surface area contributed by atoms with Crippen molar-refractivity contribution in [1.29, 1.82) is 0 Å². The molecule has 0 bridgehead atoms. The summed E-state index contributed by atoms with van der Waals surface area (Å²) in [5.41, 5.74) is 0.470. The molecule has 1 fully saturated rings. The van der Waals surface area contributed by atoms with Gasteiger partial charge in [-0.05, 0) is 30.7 Å². The molecule has 4 rings (SSSR count). The third-order valence-corrected chi connectivity index (χ3v) is 6.11. The number of nitrogens with zero attached hydrogens (tertiary/aromatic N) is 3. The number of anilines is 2. The summed E-state index contributed by atoms with van der Waals surface area (Å²) in [5.74, 6) is -3.84. The number of amides is 1. The highest BCUT2D eigenvalue weighted by Gasteiger charge is 2.33. The van der Waals surface area contributed by atoms with Gasteiger partial charge in [-0.2, -0.15) is 0 Å². The molecule has 0 unspecified atom stereocenters. The second-order valence-corrected chi connectivity index (χ2v) is 9.28. The summed E-state index contributed by atoms with van der Waals surface area (Å²) in [5, 5.41) is 7.71. The number of carbonyl (C=O) groups is 1. The van der Waals surface area contributed by atoms with E-state index in [0.29, 0.717) is 5.39 Å². The maximum absolute atomic E-state index is 13.9. The number of hydrogen-bond donors (Lipinski definition) is 2. The molecule has 12 heteroatoms. The second kappa shape index (κ2) is 8.60. The maximum Gasteiger partial charge on any atom is 0.259 e. The van der Waals surface area contributed by atoms with Crippen LogP contribution in [0.3, 0.4) is 0 Å². The first kappa shape index (κ1) is 22.9. The van der Waals surface area contributed by atoms with E-state index in [1.54, 1.807) is 4.90 Å². The van der Waals surface area contributed by atoms with Crippen LogP contribution in [0.5, 0.6) is 0 Å². The monoisotopic (exact) mass is 479 g/mol. The Labute approximate surface area is 187 Å². The van der Waals surface area contributed by atoms with E-state index < -0.39 is 39.1 Å². The summed E-state index contributed by atoms with van der Waals surface area (Å²) >= 11 is 0. The van der Waals surface area contributed by atoms with Gasteiger partial charge < -0.3 is 10.2 Å². The Kier molecular flexibility index (Phi) is 5.97. The van der Waals surface area contributed by atoms with E-state index in [2.05, 4.69) is 15.3 Å². The number of hydrogen-bond acceptors (Lipinski definition) is 6. The van der Waals surface area contributed by atoms with Gasteiger partial charge >= 0.3 is 0 Å². The van der Waals surface area contributed by atoms with E-state index in [0.717, 1.165) is 6.07 Å². The van der Waals surface area contributed by atoms with Crippen LogP contribution in [0.15, 0.2) is 47.6 Å². The Morgan fingerprint density at radius 1 is 1.12 bits per heavy atom. The van der Waals surface area contributed by atoms with Gasteiger partial charge in [-0.1, -0.05) is 0 Å². The van der Waals surface area contributed by atoms with Gasteiger partial charge in [-0.3, -0.25) is 4.79 Å². The largest absolute Gasteiger partial charge is 0.356 e. The van der Waals surface area contributed by atoms with Crippen molar-refractivity contribution in [2.45, 2.75) is 30.2 Å². The number of primary sulfonamides is 1. The molecule has 3 heterocycles. The molecular weight excluding hydrogens is 459 g/mol. The molecule has 0 spiro atoms. The van der Waals surface area contributed by atoms with Crippen LogP contribution in [-0.2, 0) is 10.0 Å². The number of pyridine rings is 2. The van der Waals surface area contributed by atoms with Crippen molar-refractivity contribution >= 4 is 38.3 Å². The van der Waals surface area contributed by atoms with Gasteiger partial charge in [0, 0.05) is 55.3 Å². The first-order valence-electron chi connectivity index (χ1n) is 10.1. The Bertz CT molecular complexity index is 1330. The number of alkyl halides is 2. The summed E-state index contributed by atoms with van der Waals surface area (Å²) in [6.07, 6.45) is 0.688. The minimum absolute atomic E-state index is 0.0358. The van der Waals surface area contributed by atoms with Crippen LogP contribution in [0.2, 0.25) is 0 Å². The van der Waals surface area contributed by atoms with Gasteiger partial charge in [0.05, 0.1) is 11.1 Å². The van der Waals surface area contributed by atoms with Crippen LogP contribution in [0, 0.1) is 5.82 Å². The minimum Gasteiger partial charge on any atom is -0.356 e. The summed E-state index contributed by atoms with van der Waals surface area (Å²) in [6, 6.07) is 7.86. The minimum atomic E-state index is -4.09. The Morgan fingerprint density at radius 2 is 1.91 bits per heavy atom. The summed E-state index contributed by atoms with van der Waals surface area (Å²) in [4.78, 5) is 22.8. The van der Waals surface area contributed by atoms with Crippen molar-refractivity contribution in [2.75, 3.05) is 23.3 Å². The smallest absolute Gasteiger partial charge is 0.259 e. The van der Waals surface area contributed by atoms with Crippen LogP contribution < -0.4 is 15.4 Å². The van der Waals surface area contributed by atoms with Gasteiger partial charge in [-0.15, -0.1) is 0 Å². The molecule has 0 radical (unpaired) electrons. The normalized spacial score (nSPS) is 16.4. The van der Waals surface area contributed by atoms with E-state index in [1.807, 2.05) is 0 Å². The zero-order valence-corrected chi connectivity index (χ0v) is 18.1. The number of rotatable bonds is 4. The van der Waals surface area contributed by atoms with E-state index in [1.165, 1.54) is 36.5 Å². The fraction of sp³-hybridized carbons (Fsp3) is 0.286. The molecule has 0 atom stereocenters. The summed E-state index contributed by atoms with van der Waals surface area (Å²) < 4.78 is 64.7. The molecule has 1 aromatic carbocycles. The Hall–Kier alpha value is -3.25. The molecule has 3 N–H and O–H groups in total. The summed E-state index contributed by atoms with van der Waals surface area (Å²) in [7, 11) is -4.09. The zero-order chi connectivity index (χ0) is 23.8. The van der Waals surface area contributed by atoms with Crippen molar-refractivity contribution in [3.05, 3.63) is 54.0 Å². The van der Waals surface area contributed by atoms with Crippen LogP contribution in [0.4, 0.5) is 24.7 Å². The third kappa shape index (κ3) is 5.22. The highest BCUT2D eigenvalue weighted by atomic mass is 32.2. The lowest BCUT2D eigenvalue weighted by atomic mass is 10.1. The molecule has 174 valence electrons. The zero-order valence-electron chi connectivity index (χ0n) is 17.3. The van der Waals surface area contributed by atoms with Gasteiger partial charge in [0.2, 0.25) is 5.92 Å². The number of nitrogens with two attached hydrogens (primary N) is 1. The molecule has 33 heavy (non-hydrogen) atoms. The van der Waals surface area contributed by atoms with Crippen molar-refractivity contribution < 1.29 is 26.4 Å². The topological polar surface area (TPSA) is 118 Å². The molecule has 1 aliphatic heterocycles. The molecular formula is C21H20F3N5O3S. The lowest BCUT2D eigenvalue weighted by molar-refractivity contribution is -0.0102. The molecule has 0 saturated carbocycles. The number of nitrogens with one attached hydrogen (secondary N) is 1. The SMILES string of the molecule is NS(=O)(=O)c1cc(NC(=O)c2cc3ccc(F)cc3nc2N2CCCC(F)(F)CC2)ccn1. The van der Waals surface area contributed by atoms with Crippen LogP contribution >= 0.6 is 0 Å². The highest BCUT2D eigenvalue weighted by Crippen LogP contribution is 2.32. The lowest BCUT2D eigenvalue weighted by Crippen LogP contribution is -2.29. The summed E-state index contributed by atoms with van der Waals surface area (Å²) in [6.45, 7) is 0.209. The second-order valence-electron chi connectivity index (χ2n) is 7.78. The first-order valence-corrected chi connectivity index (χ1v) is 11.6. The fourth-order valence-electron chi connectivity index (χ4n) is 3.66. The molecule has 8 nitrogen and oxygen atoms in total. The van der Waals surface area contributed by atoms with E-state index in [9.17, 15) is 26.4 Å². The number of carbonyl (C=O) groups excluding carboxylic acids is 1. The average Bonchev–Trinajstić information content (AvgIpc) is 2.92. The number of aromatic nitrogens is 2. The van der Waals surface area contributed by atoms with Crippen LogP contribution in [-0.4, -0.2) is 43.3 Å². The molecule has 1 saturated heterocycles. The Morgan fingerprint density at radius 3 is 2.67 bits per heavy atom. The van der Waals surface area contributed by atoms with Crippen molar-refractivity contribution in [2.24, 2.45) is 5.14 Å².